The van der Waals surface area contributed by atoms with E-state index in [4.69, 9.17) is 5.26 Å². The topological polar surface area (TPSA) is 35.8 Å². The van der Waals surface area contributed by atoms with Gasteiger partial charge in [0, 0.05) is 20.4 Å². The minimum atomic E-state index is -0.420. The van der Waals surface area contributed by atoms with E-state index in [1.807, 2.05) is 11.4 Å². The summed E-state index contributed by atoms with van der Waals surface area (Å²) >= 11 is 4.85. The van der Waals surface area contributed by atoms with E-state index in [1.165, 1.54) is 23.5 Å². The Labute approximate surface area is 111 Å². The molecule has 0 saturated carbocycles. The minimum absolute atomic E-state index is 0.289. The van der Waals surface area contributed by atoms with Gasteiger partial charge in [-0.2, -0.15) is 5.26 Å². The van der Waals surface area contributed by atoms with E-state index in [9.17, 15) is 4.39 Å². The van der Waals surface area contributed by atoms with Crippen molar-refractivity contribution in [1.29, 1.82) is 5.26 Å². The van der Waals surface area contributed by atoms with E-state index < -0.39 is 6.04 Å². The number of benzene rings is 1. The van der Waals surface area contributed by atoms with Gasteiger partial charge in [-0.15, -0.1) is 11.3 Å². The first-order chi connectivity index (χ1) is 8.19. The van der Waals surface area contributed by atoms with Gasteiger partial charge in [-0.1, -0.05) is 0 Å². The summed E-state index contributed by atoms with van der Waals surface area (Å²) in [7, 11) is 0. The zero-order valence-corrected chi connectivity index (χ0v) is 11.1. The highest BCUT2D eigenvalue weighted by Gasteiger charge is 2.12. The molecule has 0 aliphatic rings. The Morgan fingerprint density at radius 1 is 1.35 bits per heavy atom. The number of halogens is 2. The van der Waals surface area contributed by atoms with Crippen molar-refractivity contribution < 1.29 is 4.39 Å². The van der Waals surface area contributed by atoms with Crippen LogP contribution < -0.4 is 5.32 Å². The third kappa shape index (κ3) is 3.05. The molecule has 0 spiro atoms. The largest absolute Gasteiger partial charge is 0.366 e. The maximum atomic E-state index is 12.7. The molecule has 0 saturated heterocycles. The van der Waals surface area contributed by atoms with Crippen molar-refractivity contribution in [2.75, 3.05) is 5.32 Å². The van der Waals surface area contributed by atoms with E-state index >= 15 is 0 Å². The molecule has 1 heterocycles. The van der Waals surface area contributed by atoms with Crippen LogP contribution in [0.15, 0.2) is 40.2 Å². The van der Waals surface area contributed by atoms with Crippen molar-refractivity contribution in [1.82, 2.24) is 0 Å². The Morgan fingerprint density at radius 3 is 2.59 bits per heavy atom. The fraction of sp³-hybridized carbons (Fsp3) is 0.0833. The summed E-state index contributed by atoms with van der Waals surface area (Å²) in [5.74, 6) is -0.289. The monoisotopic (exact) mass is 310 g/mol. The van der Waals surface area contributed by atoms with Crippen molar-refractivity contribution in [3.63, 3.8) is 0 Å². The molecule has 0 amide bonds. The molecule has 0 aliphatic heterocycles. The lowest BCUT2D eigenvalue weighted by atomic mass is 10.2. The van der Waals surface area contributed by atoms with Gasteiger partial charge in [-0.05, 0) is 46.3 Å². The van der Waals surface area contributed by atoms with Crippen molar-refractivity contribution in [3.05, 3.63) is 50.9 Å². The van der Waals surface area contributed by atoms with Crippen LogP contribution in [0, 0.1) is 17.1 Å². The summed E-state index contributed by atoms with van der Waals surface area (Å²) < 4.78 is 13.7. The summed E-state index contributed by atoms with van der Waals surface area (Å²) in [6, 6.07) is 9.61. The van der Waals surface area contributed by atoms with Crippen LogP contribution in [0.4, 0.5) is 10.1 Å². The normalized spacial score (nSPS) is 11.8. The molecule has 1 N–H and O–H groups in total. The van der Waals surface area contributed by atoms with Crippen LogP contribution in [0.5, 0.6) is 0 Å². The second-order valence-electron chi connectivity index (χ2n) is 3.38. The maximum absolute atomic E-state index is 12.7. The van der Waals surface area contributed by atoms with Crippen LogP contribution in [-0.2, 0) is 0 Å². The number of nitrogens with one attached hydrogen (secondary N) is 1. The standard InChI is InChI=1S/C12H8BrFN2S/c13-8-5-12(17-7-8)11(6-15)16-10-3-1-9(14)2-4-10/h1-5,7,11,16H. The van der Waals surface area contributed by atoms with Gasteiger partial charge in [0.05, 0.1) is 6.07 Å². The fourth-order valence-corrected chi connectivity index (χ4v) is 2.80. The number of thiophene rings is 1. The lowest BCUT2D eigenvalue weighted by Crippen LogP contribution is -2.06. The van der Waals surface area contributed by atoms with Gasteiger partial charge in [0.15, 0.2) is 0 Å². The first kappa shape index (κ1) is 12.1. The highest BCUT2D eigenvalue weighted by molar-refractivity contribution is 9.10. The molecule has 2 rings (SSSR count). The summed E-state index contributed by atoms with van der Waals surface area (Å²) in [6.45, 7) is 0. The van der Waals surface area contributed by atoms with Gasteiger partial charge in [-0.3, -0.25) is 0 Å². The third-order valence-electron chi connectivity index (χ3n) is 2.16. The van der Waals surface area contributed by atoms with Gasteiger partial charge in [-0.25, -0.2) is 4.39 Å². The molecule has 0 radical (unpaired) electrons. The van der Waals surface area contributed by atoms with Crippen molar-refractivity contribution in [3.8, 4) is 6.07 Å². The van der Waals surface area contributed by atoms with Gasteiger partial charge in [0.1, 0.15) is 11.9 Å². The average molecular weight is 311 g/mol. The number of rotatable bonds is 3. The molecule has 0 bridgehead atoms. The van der Waals surface area contributed by atoms with Gasteiger partial charge < -0.3 is 5.32 Å². The lowest BCUT2D eigenvalue weighted by molar-refractivity contribution is 0.628. The number of anilines is 1. The molecule has 1 aromatic heterocycles. The van der Waals surface area contributed by atoms with E-state index in [2.05, 4.69) is 27.3 Å². The Balaban J connectivity index is 2.16. The molecule has 2 aromatic rings. The quantitative estimate of drug-likeness (QED) is 0.916. The lowest BCUT2D eigenvalue weighted by Gasteiger charge is -2.10. The second-order valence-corrected chi connectivity index (χ2v) is 5.24. The van der Waals surface area contributed by atoms with Crippen molar-refractivity contribution in [2.24, 2.45) is 0 Å². The molecule has 1 atom stereocenters. The van der Waals surface area contributed by atoms with Gasteiger partial charge in [0.25, 0.3) is 0 Å². The maximum Gasteiger partial charge on any atom is 0.149 e. The highest BCUT2D eigenvalue weighted by atomic mass is 79.9. The zero-order chi connectivity index (χ0) is 12.3. The fourth-order valence-electron chi connectivity index (χ4n) is 1.36. The van der Waals surface area contributed by atoms with E-state index in [0.29, 0.717) is 0 Å². The first-order valence-corrected chi connectivity index (χ1v) is 6.52. The Hall–Kier alpha value is -1.38. The van der Waals surface area contributed by atoms with Crippen molar-refractivity contribution >= 4 is 33.0 Å². The number of hydrogen-bond acceptors (Lipinski definition) is 3. The smallest absolute Gasteiger partial charge is 0.149 e. The Kier molecular flexibility index (Phi) is 3.77. The van der Waals surface area contributed by atoms with E-state index in [0.717, 1.165) is 15.0 Å². The predicted molar refractivity (Wildman–Crippen MR) is 70.4 cm³/mol. The molecule has 17 heavy (non-hydrogen) atoms. The minimum Gasteiger partial charge on any atom is -0.366 e. The Bertz CT molecular complexity index is 544. The number of hydrogen-bond donors (Lipinski definition) is 1. The van der Waals surface area contributed by atoms with Crippen LogP contribution in [0.3, 0.4) is 0 Å². The number of nitrogens with zero attached hydrogens (tertiary/aromatic N) is 1. The second kappa shape index (κ2) is 5.30. The molecule has 86 valence electrons. The van der Waals surface area contributed by atoms with Gasteiger partial charge in [0.2, 0.25) is 0 Å². The van der Waals surface area contributed by atoms with E-state index in [1.54, 1.807) is 12.1 Å². The van der Waals surface area contributed by atoms with E-state index in [-0.39, 0.29) is 5.82 Å². The molecule has 0 aliphatic carbocycles. The molecule has 1 unspecified atom stereocenters. The highest BCUT2D eigenvalue weighted by Crippen LogP contribution is 2.27. The van der Waals surface area contributed by atoms with Crippen LogP contribution in [-0.4, -0.2) is 0 Å². The third-order valence-corrected chi connectivity index (χ3v) is 3.91. The predicted octanol–water partition coefficient (Wildman–Crippen LogP) is 4.33. The molecule has 2 nitrogen and oxygen atoms in total. The van der Waals surface area contributed by atoms with Crippen LogP contribution in [0.1, 0.15) is 10.9 Å². The summed E-state index contributed by atoms with van der Waals surface area (Å²) in [5.41, 5.74) is 0.725. The average Bonchev–Trinajstić information content (AvgIpc) is 2.75. The van der Waals surface area contributed by atoms with Gasteiger partial charge >= 0.3 is 0 Å². The van der Waals surface area contributed by atoms with Crippen LogP contribution >= 0.6 is 27.3 Å². The van der Waals surface area contributed by atoms with Crippen molar-refractivity contribution in [2.45, 2.75) is 6.04 Å². The van der Waals surface area contributed by atoms with Crippen LogP contribution in [0.25, 0.3) is 0 Å². The van der Waals surface area contributed by atoms with Crippen LogP contribution in [0.2, 0.25) is 0 Å². The Morgan fingerprint density at radius 2 is 2.06 bits per heavy atom. The molecule has 1 aromatic carbocycles. The summed E-state index contributed by atoms with van der Waals surface area (Å²) in [4.78, 5) is 0.920. The molecule has 0 fully saturated rings. The summed E-state index contributed by atoms with van der Waals surface area (Å²) in [5, 5.41) is 14.1. The number of nitriles is 1. The SMILES string of the molecule is N#CC(Nc1ccc(F)cc1)c1cc(Br)cs1. The zero-order valence-electron chi connectivity index (χ0n) is 8.65. The molecular weight excluding hydrogens is 303 g/mol. The molecular formula is C12H8BrFN2S. The molecule has 5 heteroatoms. The first-order valence-electron chi connectivity index (χ1n) is 4.84. The summed E-state index contributed by atoms with van der Waals surface area (Å²) in [6.07, 6.45) is 0.